The van der Waals surface area contributed by atoms with E-state index >= 15 is 0 Å². The molecule has 0 radical (unpaired) electrons. The molecule has 1 aliphatic heterocycles. The summed E-state index contributed by atoms with van der Waals surface area (Å²) in [7, 11) is 1.68. The van der Waals surface area contributed by atoms with Crippen molar-refractivity contribution in [2.75, 3.05) is 26.8 Å². The van der Waals surface area contributed by atoms with Crippen molar-refractivity contribution in [3.8, 4) is 11.1 Å². The lowest BCUT2D eigenvalue weighted by molar-refractivity contribution is 0.0714. The number of halogens is 1. The van der Waals surface area contributed by atoms with Crippen molar-refractivity contribution >= 4 is 16.8 Å². The molecular weight excluding hydrogens is 479 g/mol. The number of hydrogen-bond acceptors (Lipinski definition) is 4. The minimum Gasteiger partial charge on any atom is -0.383 e. The number of methoxy groups -OCH3 is 1. The number of aryl methyl sites for hydroxylation is 1. The van der Waals surface area contributed by atoms with Crippen molar-refractivity contribution in [3.63, 3.8) is 0 Å². The van der Waals surface area contributed by atoms with E-state index in [1.807, 2.05) is 48.6 Å². The lowest BCUT2D eigenvalue weighted by Crippen LogP contribution is -2.38. The van der Waals surface area contributed by atoms with Crippen LogP contribution in [0.4, 0.5) is 4.39 Å². The molecule has 0 saturated carbocycles. The zero-order chi connectivity index (χ0) is 25.9. The molecule has 0 bridgehead atoms. The first-order chi connectivity index (χ1) is 18.0. The Kier molecular flexibility index (Phi) is 8.59. The Hall–Kier alpha value is -3.55. The monoisotopic (exact) mass is 516 g/mol. The average Bonchev–Trinajstić information content (AvgIpc) is 3.30. The summed E-state index contributed by atoms with van der Waals surface area (Å²) in [5.74, 6) is -0.115. The van der Waals surface area contributed by atoms with Gasteiger partial charge in [-0.2, -0.15) is 0 Å². The molecule has 3 heterocycles. The van der Waals surface area contributed by atoms with Gasteiger partial charge in [0.2, 0.25) is 0 Å². The molecule has 38 heavy (non-hydrogen) atoms. The number of carbonyl (C=O) groups excluding carboxylic acids is 1. The Labute approximate surface area is 224 Å². The number of fused-ring (bicyclic) bond motifs is 1. The first-order valence-electron chi connectivity index (χ1n) is 12.8. The van der Waals surface area contributed by atoms with Crippen LogP contribution in [0.3, 0.4) is 0 Å². The fraction of sp³-hybridized carbons (Fsp3) is 0.355. The van der Waals surface area contributed by atoms with Crippen molar-refractivity contribution < 1.29 is 13.9 Å². The van der Waals surface area contributed by atoms with Crippen LogP contribution in [-0.2, 0) is 17.8 Å². The highest BCUT2D eigenvalue weighted by Gasteiger charge is 2.29. The predicted molar refractivity (Wildman–Crippen MR) is 151 cm³/mol. The van der Waals surface area contributed by atoms with Crippen LogP contribution in [0.1, 0.15) is 53.2 Å². The second-order valence-electron chi connectivity index (χ2n) is 9.81. The number of rotatable bonds is 7. The molecule has 5 rings (SSSR count). The molecular formula is C31H37FN4O2. The summed E-state index contributed by atoms with van der Waals surface area (Å²) >= 11 is 0. The smallest absolute Gasteiger partial charge is 0.256 e. The van der Waals surface area contributed by atoms with Crippen molar-refractivity contribution in [1.82, 2.24) is 14.5 Å². The van der Waals surface area contributed by atoms with Gasteiger partial charge in [-0.25, -0.2) is 4.39 Å². The molecule has 0 aliphatic carbocycles. The number of nitrogens with two attached hydrogens (primary N) is 1. The van der Waals surface area contributed by atoms with Gasteiger partial charge in [0.15, 0.2) is 0 Å². The van der Waals surface area contributed by atoms with Gasteiger partial charge in [-0.1, -0.05) is 31.7 Å². The molecule has 0 unspecified atom stereocenters. The predicted octanol–water partition coefficient (Wildman–Crippen LogP) is 5.91. The normalized spacial score (nSPS) is 14.1. The molecule has 1 aliphatic rings. The second kappa shape index (κ2) is 11.9. The molecule has 0 atom stereocenters. The molecule has 0 spiro atoms. The number of aromatic nitrogens is 2. The van der Waals surface area contributed by atoms with E-state index in [2.05, 4.69) is 21.7 Å². The maximum absolute atomic E-state index is 14.6. The first-order valence-corrected chi connectivity index (χ1v) is 12.8. The van der Waals surface area contributed by atoms with Crippen LogP contribution in [0.25, 0.3) is 22.0 Å². The SMILES string of the molecule is C.COCCn1cc(C(=O)N2CCC(c3cc(CN)ccc3F)CC2)c2c(-c3cncc(C)c3)cccc21. The highest BCUT2D eigenvalue weighted by atomic mass is 19.1. The molecule has 4 aromatic rings. The average molecular weight is 517 g/mol. The summed E-state index contributed by atoms with van der Waals surface area (Å²) in [4.78, 5) is 20.2. The van der Waals surface area contributed by atoms with Gasteiger partial charge < -0.3 is 19.9 Å². The van der Waals surface area contributed by atoms with E-state index in [1.165, 1.54) is 6.07 Å². The summed E-state index contributed by atoms with van der Waals surface area (Å²) in [6.07, 6.45) is 7.06. The molecule has 7 heteroatoms. The van der Waals surface area contributed by atoms with Crippen molar-refractivity contribution in [3.05, 3.63) is 89.1 Å². The minimum atomic E-state index is -0.195. The van der Waals surface area contributed by atoms with E-state index in [-0.39, 0.29) is 25.1 Å². The third-order valence-electron chi connectivity index (χ3n) is 7.38. The Bertz CT molecular complexity index is 1420. The summed E-state index contributed by atoms with van der Waals surface area (Å²) < 4.78 is 22.0. The fourth-order valence-corrected chi connectivity index (χ4v) is 5.43. The molecule has 1 fully saturated rings. The largest absolute Gasteiger partial charge is 0.383 e. The highest BCUT2D eigenvalue weighted by molar-refractivity contribution is 6.12. The molecule has 1 amide bonds. The maximum atomic E-state index is 14.6. The Morgan fingerprint density at radius 1 is 1.16 bits per heavy atom. The topological polar surface area (TPSA) is 73.4 Å². The highest BCUT2D eigenvalue weighted by Crippen LogP contribution is 2.35. The minimum absolute atomic E-state index is 0. The Balaban J connectivity index is 0.00000336. The van der Waals surface area contributed by atoms with Gasteiger partial charge in [0.05, 0.1) is 12.2 Å². The van der Waals surface area contributed by atoms with Gasteiger partial charge in [-0.15, -0.1) is 0 Å². The lowest BCUT2D eigenvalue weighted by atomic mass is 9.88. The van der Waals surface area contributed by atoms with E-state index in [0.717, 1.165) is 33.2 Å². The van der Waals surface area contributed by atoms with E-state index < -0.39 is 0 Å². The van der Waals surface area contributed by atoms with Crippen LogP contribution >= 0.6 is 0 Å². The number of likely N-dealkylation sites (tertiary alicyclic amines) is 1. The Morgan fingerprint density at radius 2 is 1.95 bits per heavy atom. The zero-order valence-electron chi connectivity index (χ0n) is 21.4. The third kappa shape index (κ3) is 5.35. The quantitative estimate of drug-likeness (QED) is 0.331. The van der Waals surface area contributed by atoms with Crippen LogP contribution in [0.15, 0.2) is 61.1 Å². The third-order valence-corrected chi connectivity index (χ3v) is 7.38. The Morgan fingerprint density at radius 3 is 2.66 bits per heavy atom. The number of hydrogen-bond donors (Lipinski definition) is 1. The van der Waals surface area contributed by atoms with Crippen LogP contribution in [0.5, 0.6) is 0 Å². The van der Waals surface area contributed by atoms with Crippen LogP contribution < -0.4 is 5.73 Å². The lowest BCUT2D eigenvalue weighted by Gasteiger charge is -2.32. The summed E-state index contributed by atoms with van der Waals surface area (Å²) in [5.41, 5.74) is 12.1. The van der Waals surface area contributed by atoms with Gasteiger partial charge in [-0.3, -0.25) is 9.78 Å². The number of piperidine rings is 1. The molecule has 2 N–H and O–H groups in total. The number of pyridine rings is 1. The first kappa shape index (κ1) is 27.5. The van der Waals surface area contributed by atoms with Gasteiger partial charge in [0.25, 0.3) is 5.91 Å². The van der Waals surface area contributed by atoms with E-state index in [4.69, 9.17) is 10.5 Å². The summed E-state index contributed by atoms with van der Waals surface area (Å²) in [5, 5.41) is 0.930. The number of ether oxygens (including phenoxy) is 1. The van der Waals surface area contributed by atoms with E-state index in [9.17, 15) is 9.18 Å². The van der Waals surface area contributed by atoms with Crippen molar-refractivity contribution in [1.29, 1.82) is 0 Å². The number of benzene rings is 2. The van der Waals surface area contributed by atoms with Gasteiger partial charge in [0, 0.05) is 68.3 Å². The van der Waals surface area contributed by atoms with E-state index in [1.54, 1.807) is 13.2 Å². The summed E-state index contributed by atoms with van der Waals surface area (Å²) in [6, 6.07) is 13.3. The van der Waals surface area contributed by atoms with Crippen molar-refractivity contribution in [2.24, 2.45) is 5.73 Å². The molecule has 200 valence electrons. The van der Waals surface area contributed by atoms with Gasteiger partial charge in [0.1, 0.15) is 5.82 Å². The van der Waals surface area contributed by atoms with E-state index in [0.29, 0.717) is 56.8 Å². The maximum Gasteiger partial charge on any atom is 0.256 e. The molecule has 1 saturated heterocycles. The molecule has 2 aromatic carbocycles. The van der Waals surface area contributed by atoms with Gasteiger partial charge in [-0.05, 0) is 66.1 Å². The van der Waals surface area contributed by atoms with Gasteiger partial charge >= 0.3 is 0 Å². The summed E-state index contributed by atoms with van der Waals surface area (Å²) in [6.45, 7) is 4.75. The molecule has 6 nitrogen and oxygen atoms in total. The van der Waals surface area contributed by atoms with Crippen LogP contribution in [-0.4, -0.2) is 47.2 Å². The number of amides is 1. The van der Waals surface area contributed by atoms with Crippen molar-refractivity contribution in [2.45, 2.75) is 46.2 Å². The van der Waals surface area contributed by atoms with Crippen LogP contribution in [0.2, 0.25) is 0 Å². The second-order valence-corrected chi connectivity index (χ2v) is 9.81. The number of carbonyl (C=O) groups is 1. The zero-order valence-corrected chi connectivity index (χ0v) is 21.4. The number of nitrogens with zero attached hydrogens (tertiary/aromatic N) is 3. The standard InChI is InChI=1S/C30H33FN4O2.CH4/c1-20-14-23(18-33-17-20)24-4-3-5-28-29(24)26(19-35(28)12-13-37-2)30(36)34-10-8-22(9-11-34)25-15-21(16-32)6-7-27(25)31;/h3-7,14-15,17-19,22H,8-13,16,32H2,1-2H3;1H4. The molecule has 2 aromatic heterocycles. The fourth-order valence-electron chi connectivity index (χ4n) is 5.43. The van der Waals surface area contributed by atoms with Crippen LogP contribution in [0, 0.1) is 12.7 Å².